The summed E-state index contributed by atoms with van der Waals surface area (Å²) in [6.45, 7) is 9.39. The first-order valence-electron chi connectivity index (χ1n) is 11.4. The molecule has 2 heterocycles. The quantitative estimate of drug-likeness (QED) is 0.523. The molecule has 0 spiro atoms. The van der Waals surface area contributed by atoms with E-state index in [4.69, 9.17) is 11.5 Å². The molecule has 2 aliphatic heterocycles. The van der Waals surface area contributed by atoms with Gasteiger partial charge in [0, 0.05) is 25.9 Å². The van der Waals surface area contributed by atoms with Crippen molar-refractivity contribution in [1.29, 1.82) is 0 Å². The Balaban J connectivity index is 0. The molecular weight excluding hydrogens is 408 g/mol. The van der Waals surface area contributed by atoms with Gasteiger partial charge in [0.1, 0.15) is 12.1 Å². The number of amides is 4. The molecule has 2 fully saturated rings. The molecule has 0 bridgehead atoms. The fraction of sp³-hybridized carbons (Fsp3) is 0.833. The topological polar surface area (TPSA) is 127 Å². The monoisotopic (exact) mass is 456 g/mol. The van der Waals surface area contributed by atoms with Gasteiger partial charge in [-0.05, 0) is 37.5 Å². The van der Waals surface area contributed by atoms with Gasteiger partial charge >= 0.3 is 0 Å². The number of hydrogen-bond acceptors (Lipinski definition) is 4. The summed E-state index contributed by atoms with van der Waals surface area (Å²) >= 11 is 0. The molecule has 0 aromatic heterocycles. The lowest BCUT2D eigenvalue weighted by Crippen LogP contribution is -2.45. The zero-order valence-electron chi connectivity index (χ0n) is 19.1. The van der Waals surface area contributed by atoms with Crippen LogP contribution in [-0.4, -0.2) is 58.6 Å². The van der Waals surface area contributed by atoms with Crippen molar-refractivity contribution in [3.8, 4) is 0 Å². The second-order valence-corrected chi connectivity index (χ2v) is 8.46. The van der Waals surface area contributed by atoms with E-state index in [0.29, 0.717) is 50.6 Å². The Bertz CT molecular complexity index is 559. The van der Waals surface area contributed by atoms with Crippen LogP contribution < -0.4 is 11.5 Å². The van der Waals surface area contributed by atoms with Crippen molar-refractivity contribution in [2.24, 2.45) is 23.3 Å². The molecule has 4 atom stereocenters. The van der Waals surface area contributed by atoms with E-state index in [9.17, 15) is 19.2 Å². The molecule has 0 aliphatic carbocycles. The lowest BCUT2D eigenvalue weighted by molar-refractivity contribution is -0.136. The van der Waals surface area contributed by atoms with Gasteiger partial charge in [0.25, 0.3) is 0 Å². The summed E-state index contributed by atoms with van der Waals surface area (Å²) in [6.07, 6.45) is 6.66. The van der Waals surface area contributed by atoms with E-state index in [2.05, 4.69) is 13.8 Å². The Morgan fingerprint density at radius 1 is 0.781 bits per heavy atom. The fourth-order valence-corrected chi connectivity index (χ4v) is 4.57. The van der Waals surface area contributed by atoms with Crippen LogP contribution in [0.25, 0.3) is 0 Å². The fourth-order valence-electron chi connectivity index (χ4n) is 4.57. The number of primary amides is 2. The largest absolute Gasteiger partial charge is 0.368 e. The van der Waals surface area contributed by atoms with Crippen LogP contribution >= 0.6 is 0 Å². The van der Waals surface area contributed by atoms with E-state index >= 15 is 0 Å². The summed E-state index contributed by atoms with van der Waals surface area (Å²) in [5.74, 6) is 0.219. The van der Waals surface area contributed by atoms with Gasteiger partial charge in [-0.15, -0.1) is 0 Å². The molecule has 4 N–H and O–H groups in total. The van der Waals surface area contributed by atoms with Crippen molar-refractivity contribution in [3.63, 3.8) is 0 Å². The minimum absolute atomic E-state index is 0. The van der Waals surface area contributed by atoms with E-state index in [1.165, 1.54) is 0 Å². The van der Waals surface area contributed by atoms with Crippen LogP contribution in [0.15, 0.2) is 0 Å². The summed E-state index contributed by atoms with van der Waals surface area (Å²) in [5.41, 5.74) is 10.6. The van der Waals surface area contributed by atoms with E-state index in [1.54, 1.807) is 9.80 Å². The maximum absolute atomic E-state index is 11.7. The van der Waals surface area contributed by atoms with Gasteiger partial charge in [0.05, 0.1) is 0 Å². The molecule has 0 saturated carbocycles. The van der Waals surface area contributed by atoms with Gasteiger partial charge in [-0.1, -0.05) is 55.4 Å². The standard InChI is InChI=1S/2C11H20N2O2.2CH4/c2*1-3-5-8-6-10(14)13(7-8)9(4-2)11(12)15;;/h2*8-9H,3-7H2,1-2H3,(H2,12,15);2*1H4/t2*8-,9+;;/m11../s1. The second kappa shape index (κ2) is 15.6. The van der Waals surface area contributed by atoms with Crippen LogP contribution in [0.2, 0.25) is 0 Å². The number of carbonyl (C=O) groups excluding carboxylic acids is 4. The van der Waals surface area contributed by atoms with Gasteiger partial charge in [-0.3, -0.25) is 19.2 Å². The highest BCUT2D eigenvalue weighted by atomic mass is 16.2. The van der Waals surface area contributed by atoms with Crippen LogP contribution in [0.1, 0.15) is 93.9 Å². The Hall–Kier alpha value is -2.12. The van der Waals surface area contributed by atoms with Crippen molar-refractivity contribution in [1.82, 2.24) is 9.80 Å². The Labute approximate surface area is 195 Å². The molecule has 32 heavy (non-hydrogen) atoms. The van der Waals surface area contributed by atoms with Crippen molar-refractivity contribution in [2.75, 3.05) is 13.1 Å². The van der Waals surface area contributed by atoms with Crippen LogP contribution in [0.5, 0.6) is 0 Å². The van der Waals surface area contributed by atoms with Crippen molar-refractivity contribution in [3.05, 3.63) is 0 Å². The number of nitrogens with zero attached hydrogens (tertiary/aromatic N) is 2. The summed E-state index contributed by atoms with van der Waals surface area (Å²) < 4.78 is 0. The van der Waals surface area contributed by atoms with Crippen LogP contribution in [0.3, 0.4) is 0 Å². The molecule has 0 aromatic rings. The molecular formula is C24H48N4O4. The third kappa shape index (κ3) is 8.79. The summed E-state index contributed by atoms with van der Waals surface area (Å²) in [4.78, 5) is 49.0. The predicted octanol–water partition coefficient (Wildman–Crippen LogP) is 3.07. The Kier molecular flexibility index (Phi) is 15.7. The molecule has 0 aromatic carbocycles. The number of likely N-dealkylation sites (tertiary alicyclic amines) is 2. The van der Waals surface area contributed by atoms with Gasteiger partial charge in [0.15, 0.2) is 0 Å². The summed E-state index contributed by atoms with van der Waals surface area (Å²) in [7, 11) is 0. The van der Waals surface area contributed by atoms with Crippen molar-refractivity contribution < 1.29 is 19.2 Å². The molecule has 188 valence electrons. The SMILES string of the molecule is C.C.CCC[C@@H]1CC(=O)N([C@@H](CC)C(N)=O)C1.CCC[C@@H]1CC(=O)N([C@@H](CC)C(N)=O)C1. The highest BCUT2D eigenvalue weighted by Crippen LogP contribution is 2.25. The minimum atomic E-state index is -0.403. The summed E-state index contributed by atoms with van der Waals surface area (Å²) in [5, 5.41) is 0. The highest BCUT2D eigenvalue weighted by Gasteiger charge is 2.36. The molecule has 0 radical (unpaired) electrons. The molecule has 8 heteroatoms. The smallest absolute Gasteiger partial charge is 0.240 e. The average molecular weight is 457 g/mol. The van der Waals surface area contributed by atoms with Gasteiger partial charge in [-0.2, -0.15) is 0 Å². The normalized spacial score (nSPS) is 21.8. The minimum Gasteiger partial charge on any atom is -0.368 e. The van der Waals surface area contributed by atoms with Crippen LogP contribution in [0, 0.1) is 11.8 Å². The predicted molar refractivity (Wildman–Crippen MR) is 129 cm³/mol. The highest BCUT2D eigenvalue weighted by molar-refractivity contribution is 5.88. The summed E-state index contributed by atoms with van der Waals surface area (Å²) in [6, 6.07) is -0.807. The van der Waals surface area contributed by atoms with Gasteiger partial charge in [-0.25, -0.2) is 0 Å². The van der Waals surface area contributed by atoms with E-state index in [0.717, 1.165) is 25.7 Å². The number of hydrogen-bond donors (Lipinski definition) is 2. The zero-order chi connectivity index (χ0) is 22.8. The number of nitrogens with two attached hydrogens (primary N) is 2. The first-order valence-corrected chi connectivity index (χ1v) is 11.4. The molecule has 0 unspecified atom stereocenters. The van der Waals surface area contributed by atoms with Crippen molar-refractivity contribution >= 4 is 23.6 Å². The van der Waals surface area contributed by atoms with Gasteiger partial charge < -0.3 is 21.3 Å². The third-order valence-corrected chi connectivity index (χ3v) is 6.05. The molecule has 8 nitrogen and oxygen atoms in total. The lowest BCUT2D eigenvalue weighted by atomic mass is 10.0. The second-order valence-electron chi connectivity index (χ2n) is 8.46. The third-order valence-electron chi connectivity index (χ3n) is 6.05. The van der Waals surface area contributed by atoms with E-state index < -0.39 is 12.1 Å². The zero-order valence-corrected chi connectivity index (χ0v) is 19.1. The van der Waals surface area contributed by atoms with Crippen molar-refractivity contribution in [2.45, 2.75) is 106 Å². The average Bonchev–Trinajstić information content (AvgIpc) is 3.20. The van der Waals surface area contributed by atoms with E-state index in [1.807, 2.05) is 13.8 Å². The number of rotatable bonds is 10. The molecule has 2 rings (SSSR count). The first-order chi connectivity index (χ1) is 14.2. The Morgan fingerprint density at radius 2 is 1.09 bits per heavy atom. The molecule has 2 aliphatic rings. The maximum atomic E-state index is 11.7. The maximum Gasteiger partial charge on any atom is 0.240 e. The van der Waals surface area contributed by atoms with Crippen LogP contribution in [0.4, 0.5) is 0 Å². The van der Waals surface area contributed by atoms with Gasteiger partial charge in [0.2, 0.25) is 23.6 Å². The number of carbonyl (C=O) groups is 4. The molecule has 4 amide bonds. The Morgan fingerprint density at radius 3 is 1.31 bits per heavy atom. The van der Waals surface area contributed by atoms with E-state index in [-0.39, 0.29) is 38.5 Å². The first kappa shape index (κ1) is 32.1. The lowest BCUT2D eigenvalue weighted by Gasteiger charge is -2.24. The molecule has 2 saturated heterocycles. The van der Waals surface area contributed by atoms with Crippen LogP contribution in [-0.2, 0) is 19.2 Å².